The molecule has 1 heterocycles. The maximum atomic E-state index is 10.6. The van der Waals surface area contributed by atoms with Gasteiger partial charge in [-0.3, -0.25) is 4.79 Å². The Hall–Kier alpha value is -1.25. The number of rotatable bonds is 1. The maximum Gasteiger partial charge on any atom is 0.250 e. The number of carbonyl (C=O) groups excluding carboxylic acids is 1. The number of aryl methyl sites for hydroxylation is 2. The third-order valence-electron chi connectivity index (χ3n) is 1.41. The van der Waals surface area contributed by atoms with Crippen LogP contribution in [0.3, 0.4) is 0 Å². The Kier molecular flexibility index (Phi) is 1.49. The Bertz CT molecular complexity index is 263. The second-order valence-corrected chi connectivity index (χ2v) is 2.36. The van der Waals surface area contributed by atoms with Crippen molar-refractivity contribution in [2.75, 3.05) is 0 Å². The molecule has 0 saturated carbocycles. The van der Waals surface area contributed by atoms with Crippen molar-refractivity contribution in [1.29, 1.82) is 0 Å². The second kappa shape index (κ2) is 2.17. The molecule has 0 fully saturated rings. The molecule has 0 aromatic carbocycles. The summed E-state index contributed by atoms with van der Waals surface area (Å²) >= 11 is 0. The number of hydrogen-bond donors (Lipinski definition) is 2. The summed E-state index contributed by atoms with van der Waals surface area (Å²) in [4.78, 5) is 13.6. The number of amides is 1. The van der Waals surface area contributed by atoms with Crippen molar-refractivity contribution in [2.24, 2.45) is 5.73 Å². The molecule has 0 aliphatic heterocycles. The number of carbonyl (C=O) groups is 1. The van der Waals surface area contributed by atoms with Gasteiger partial charge in [-0.15, -0.1) is 0 Å². The molecule has 0 unspecified atom stereocenters. The van der Waals surface area contributed by atoms with Gasteiger partial charge in [0.15, 0.2) is 0 Å². The van der Waals surface area contributed by atoms with Gasteiger partial charge in [0, 0.05) is 11.4 Å². The molecule has 10 heavy (non-hydrogen) atoms. The van der Waals surface area contributed by atoms with Crippen molar-refractivity contribution in [3.63, 3.8) is 0 Å². The first kappa shape index (κ1) is 6.86. The van der Waals surface area contributed by atoms with Gasteiger partial charge in [0.25, 0.3) is 5.91 Å². The first-order valence-corrected chi connectivity index (χ1v) is 3.07. The van der Waals surface area contributed by atoms with Gasteiger partial charge in [-0.25, -0.2) is 0 Å². The molecule has 1 amide bonds. The lowest BCUT2D eigenvalue weighted by Gasteiger charge is -1.88. The number of aromatic amines is 1. The van der Waals surface area contributed by atoms with Crippen molar-refractivity contribution in [2.45, 2.75) is 13.8 Å². The van der Waals surface area contributed by atoms with Crippen LogP contribution in [-0.4, -0.2) is 10.9 Å². The van der Waals surface area contributed by atoms with E-state index in [1.165, 1.54) is 0 Å². The van der Waals surface area contributed by atoms with Gasteiger partial charge < -0.3 is 10.7 Å². The number of aromatic nitrogens is 1. The lowest BCUT2D eigenvalue weighted by molar-refractivity contribution is 0.1000. The quantitative estimate of drug-likeness (QED) is 0.590. The molecule has 1 aromatic heterocycles. The highest BCUT2D eigenvalue weighted by Crippen LogP contribution is 2.07. The van der Waals surface area contributed by atoms with E-state index in [0.717, 1.165) is 11.4 Å². The van der Waals surface area contributed by atoms with Crippen LogP contribution in [0.25, 0.3) is 0 Å². The fraction of sp³-hybridized carbons (Fsp3) is 0.286. The molecule has 0 spiro atoms. The number of H-pyrrole nitrogens is 1. The number of nitrogens with one attached hydrogen (secondary N) is 1. The van der Waals surface area contributed by atoms with Crippen molar-refractivity contribution < 1.29 is 4.79 Å². The van der Waals surface area contributed by atoms with Crippen molar-refractivity contribution in [3.05, 3.63) is 23.0 Å². The third-order valence-corrected chi connectivity index (χ3v) is 1.41. The van der Waals surface area contributed by atoms with Gasteiger partial charge in [-0.05, 0) is 19.9 Å². The zero-order chi connectivity index (χ0) is 7.72. The van der Waals surface area contributed by atoms with Crippen LogP contribution in [0.4, 0.5) is 0 Å². The first-order chi connectivity index (χ1) is 4.61. The van der Waals surface area contributed by atoms with Crippen LogP contribution in [0.2, 0.25) is 0 Å². The van der Waals surface area contributed by atoms with E-state index in [9.17, 15) is 4.79 Å². The van der Waals surface area contributed by atoms with Crippen molar-refractivity contribution >= 4 is 5.91 Å². The van der Waals surface area contributed by atoms with Crippen LogP contribution in [0.1, 0.15) is 21.7 Å². The fourth-order valence-corrected chi connectivity index (χ4v) is 0.980. The molecule has 0 bridgehead atoms. The minimum Gasteiger partial charge on any atom is -0.366 e. The van der Waals surface area contributed by atoms with Gasteiger partial charge in [0.1, 0.15) is 0 Å². The molecule has 3 nitrogen and oxygen atoms in total. The Balaban J connectivity index is 3.15. The van der Waals surface area contributed by atoms with Gasteiger partial charge in [-0.1, -0.05) is 0 Å². The predicted octanol–water partition coefficient (Wildman–Crippen LogP) is 0.730. The lowest BCUT2D eigenvalue weighted by atomic mass is 10.2. The molecule has 1 aromatic rings. The normalized spacial score (nSPS) is 9.80. The first-order valence-electron chi connectivity index (χ1n) is 3.07. The predicted molar refractivity (Wildman–Crippen MR) is 38.8 cm³/mol. The van der Waals surface area contributed by atoms with Crippen LogP contribution in [0.15, 0.2) is 6.07 Å². The van der Waals surface area contributed by atoms with Crippen molar-refractivity contribution in [1.82, 2.24) is 4.98 Å². The molecule has 3 N–H and O–H groups in total. The van der Waals surface area contributed by atoms with Gasteiger partial charge in [0.05, 0.1) is 5.56 Å². The van der Waals surface area contributed by atoms with E-state index in [-0.39, 0.29) is 5.91 Å². The van der Waals surface area contributed by atoms with Crippen LogP contribution in [0.5, 0.6) is 0 Å². The topological polar surface area (TPSA) is 58.9 Å². The van der Waals surface area contributed by atoms with E-state index >= 15 is 0 Å². The van der Waals surface area contributed by atoms with E-state index in [1.54, 1.807) is 6.07 Å². The second-order valence-electron chi connectivity index (χ2n) is 2.36. The Morgan fingerprint density at radius 2 is 2.20 bits per heavy atom. The SMILES string of the molecule is Cc1cc(C(N)=O)c(C)[nH]1. The summed E-state index contributed by atoms with van der Waals surface area (Å²) in [7, 11) is 0. The number of hydrogen-bond acceptors (Lipinski definition) is 1. The summed E-state index contributed by atoms with van der Waals surface area (Å²) < 4.78 is 0. The molecule has 54 valence electrons. The Morgan fingerprint density at radius 3 is 2.40 bits per heavy atom. The van der Waals surface area contributed by atoms with Crippen LogP contribution >= 0.6 is 0 Å². The van der Waals surface area contributed by atoms with Gasteiger partial charge in [0.2, 0.25) is 0 Å². The highest BCUT2D eigenvalue weighted by atomic mass is 16.1. The van der Waals surface area contributed by atoms with Crippen LogP contribution in [-0.2, 0) is 0 Å². The Labute approximate surface area is 59.2 Å². The Morgan fingerprint density at radius 1 is 1.60 bits per heavy atom. The van der Waals surface area contributed by atoms with Crippen molar-refractivity contribution in [3.8, 4) is 0 Å². The van der Waals surface area contributed by atoms with Crippen LogP contribution in [0, 0.1) is 13.8 Å². The molecule has 0 saturated heterocycles. The molecule has 0 atom stereocenters. The molecule has 0 aliphatic rings. The summed E-state index contributed by atoms with van der Waals surface area (Å²) in [6.45, 7) is 3.71. The molecule has 0 radical (unpaired) electrons. The van der Waals surface area contributed by atoms with Crippen LogP contribution < -0.4 is 5.73 Å². The zero-order valence-corrected chi connectivity index (χ0v) is 6.06. The fourth-order valence-electron chi connectivity index (χ4n) is 0.980. The highest BCUT2D eigenvalue weighted by Gasteiger charge is 2.05. The summed E-state index contributed by atoms with van der Waals surface area (Å²) in [6, 6.07) is 1.75. The monoisotopic (exact) mass is 138 g/mol. The highest BCUT2D eigenvalue weighted by molar-refractivity contribution is 5.94. The number of primary amides is 1. The summed E-state index contributed by atoms with van der Waals surface area (Å²) in [6.07, 6.45) is 0. The van der Waals surface area contributed by atoms with Gasteiger partial charge in [-0.2, -0.15) is 0 Å². The van der Waals surface area contributed by atoms with E-state index in [1.807, 2.05) is 13.8 Å². The average Bonchev–Trinajstić information content (AvgIpc) is 2.10. The zero-order valence-electron chi connectivity index (χ0n) is 6.06. The van der Waals surface area contributed by atoms with E-state index in [0.29, 0.717) is 5.56 Å². The summed E-state index contributed by atoms with van der Waals surface area (Å²) in [5, 5.41) is 0. The standard InChI is InChI=1S/C7H10N2O/c1-4-3-6(7(8)10)5(2)9-4/h3,9H,1-2H3,(H2,8,10). The third kappa shape index (κ3) is 1.03. The maximum absolute atomic E-state index is 10.6. The van der Waals surface area contributed by atoms with E-state index in [4.69, 9.17) is 5.73 Å². The molecule has 0 aliphatic carbocycles. The average molecular weight is 138 g/mol. The lowest BCUT2D eigenvalue weighted by Crippen LogP contribution is -2.10. The van der Waals surface area contributed by atoms with E-state index < -0.39 is 0 Å². The summed E-state index contributed by atoms with van der Waals surface area (Å²) in [5.41, 5.74) is 7.45. The molecule has 3 heteroatoms. The molecular weight excluding hydrogens is 128 g/mol. The number of nitrogens with two attached hydrogens (primary N) is 1. The molecular formula is C7H10N2O. The smallest absolute Gasteiger partial charge is 0.250 e. The minimum atomic E-state index is -0.373. The molecule has 1 rings (SSSR count). The van der Waals surface area contributed by atoms with Gasteiger partial charge >= 0.3 is 0 Å². The largest absolute Gasteiger partial charge is 0.366 e. The van der Waals surface area contributed by atoms with E-state index in [2.05, 4.69) is 4.98 Å². The summed E-state index contributed by atoms with van der Waals surface area (Å²) in [5.74, 6) is -0.373. The minimum absolute atomic E-state index is 0.373.